The van der Waals surface area contributed by atoms with Crippen LogP contribution >= 0.6 is 0 Å². The average molecular weight is 256 g/mol. The minimum Gasteiger partial charge on any atom is -0.399 e. The van der Waals surface area contributed by atoms with Crippen LogP contribution in [0.2, 0.25) is 0 Å². The van der Waals surface area contributed by atoms with E-state index in [1.165, 1.54) is 22.3 Å². The molecule has 1 aliphatic carbocycles. The van der Waals surface area contributed by atoms with Crippen LogP contribution in [0.15, 0.2) is 41.5 Å². The van der Waals surface area contributed by atoms with Crippen LogP contribution in [-0.2, 0) is 0 Å². The van der Waals surface area contributed by atoms with E-state index in [9.17, 15) is 0 Å². The van der Waals surface area contributed by atoms with Crippen LogP contribution in [0, 0.1) is 5.92 Å². The molecule has 0 bridgehead atoms. The molecule has 2 atom stereocenters. The minimum atomic E-state index is -0.250. The molecule has 4 N–H and O–H groups in total. The normalized spacial score (nSPS) is 27.4. The van der Waals surface area contributed by atoms with Gasteiger partial charge in [-0.3, -0.25) is 0 Å². The summed E-state index contributed by atoms with van der Waals surface area (Å²) >= 11 is 0. The van der Waals surface area contributed by atoms with Crippen LogP contribution in [0.5, 0.6) is 0 Å². The third kappa shape index (κ3) is 2.45. The Morgan fingerprint density at radius 3 is 2.26 bits per heavy atom. The van der Waals surface area contributed by atoms with Crippen molar-refractivity contribution in [2.45, 2.75) is 39.7 Å². The number of hydrogen-bond acceptors (Lipinski definition) is 2. The van der Waals surface area contributed by atoms with Crippen LogP contribution in [0.3, 0.4) is 0 Å². The second kappa shape index (κ2) is 4.86. The van der Waals surface area contributed by atoms with Crippen molar-refractivity contribution in [2.75, 3.05) is 5.73 Å². The lowest BCUT2D eigenvalue weighted by Crippen LogP contribution is -2.44. The van der Waals surface area contributed by atoms with E-state index in [-0.39, 0.29) is 5.54 Å². The zero-order chi connectivity index (χ0) is 14.2. The van der Waals surface area contributed by atoms with Crippen LogP contribution in [0.1, 0.15) is 39.7 Å². The molecule has 0 aromatic heterocycles. The van der Waals surface area contributed by atoms with Crippen molar-refractivity contribution in [3.8, 4) is 0 Å². The van der Waals surface area contributed by atoms with Crippen molar-refractivity contribution in [1.29, 1.82) is 0 Å². The molecular weight excluding hydrogens is 232 g/mol. The molecule has 1 aliphatic rings. The standard InChI is InChI=1S/C17H24N2/c1-5-15-12(3)16(11(2)10-17(15,4)19)13-6-8-14(18)9-7-13/h6-10,15H,5,18-19H2,1-4H3. The number of nitrogen functional groups attached to an aromatic ring is 1. The maximum atomic E-state index is 6.45. The largest absolute Gasteiger partial charge is 0.399 e. The molecule has 0 radical (unpaired) electrons. The van der Waals surface area contributed by atoms with Crippen LogP contribution in [0.25, 0.3) is 5.57 Å². The maximum absolute atomic E-state index is 6.45. The molecule has 2 unspecified atom stereocenters. The number of hydrogen-bond donors (Lipinski definition) is 2. The molecular formula is C17H24N2. The van der Waals surface area contributed by atoms with Crippen LogP contribution in [-0.4, -0.2) is 5.54 Å². The van der Waals surface area contributed by atoms with E-state index in [0.717, 1.165) is 12.1 Å². The van der Waals surface area contributed by atoms with Crippen LogP contribution in [0.4, 0.5) is 5.69 Å². The summed E-state index contributed by atoms with van der Waals surface area (Å²) in [4.78, 5) is 0. The van der Waals surface area contributed by atoms with E-state index >= 15 is 0 Å². The van der Waals surface area contributed by atoms with E-state index < -0.39 is 0 Å². The quantitative estimate of drug-likeness (QED) is 0.792. The Morgan fingerprint density at radius 1 is 1.16 bits per heavy atom. The van der Waals surface area contributed by atoms with Gasteiger partial charge in [0.2, 0.25) is 0 Å². The molecule has 2 heteroatoms. The van der Waals surface area contributed by atoms with Gasteiger partial charge in [-0.15, -0.1) is 0 Å². The molecule has 0 aliphatic heterocycles. The predicted octanol–water partition coefficient (Wildman–Crippen LogP) is 3.75. The van der Waals surface area contributed by atoms with Gasteiger partial charge in [-0.1, -0.05) is 30.7 Å². The summed E-state index contributed by atoms with van der Waals surface area (Å²) in [5.74, 6) is 0.392. The number of rotatable bonds is 2. The Kier molecular flexibility index (Phi) is 3.55. The molecule has 19 heavy (non-hydrogen) atoms. The molecule has 2 nitrogen and oxygen atoms in total. The summed E-state index contributed by atoms with van der Waals surface area (Å²) in [6.45, 7) is 8.68. The molecule has 2 rings (SSSR count). The van der Waals surface area contributed by atoms with Gasteiger partial charge in [-0.2, -0.15) is 0 Å². The fourth-order valence-corrected chi connectivity index (χ4v) is 3.44. The first-order valence-electron chi connectivity index (χ1n) is 6.92. The van der Waals surface area contributed by atoms with E-state index in [1.54, 1.807) is 0 Å². The Labute approximate surface area is 116 Å². The molecule has 0 saturated heterocycles. The summed E-state index contributed by atoms with van der Waals surface area (Å²) in [6.07, 6.45) is 3.26. The van der Waals surface area contributed by atoms with Gasteiger partial charge in [0.25, 0.3) is 0 Å². The second-order valence-electron chi connectivity index (χ2n) is 5.83. The molecule has 0 heterocycles. The summed E-state index contributed by atoms with van der Waals surface area (Å²) < 4.78 is 0. The Balaban J connectivity index is 2.55. The molecule has 1 aromatic carbocycles. The number of benzene rings is 1. The lowest BCUT2D eigenvalue weighted by molar-refractivity contribution is 0.393. The van der Waals surface area contributed by atoms with Crippen molar-refractivity contribution in [3.05, 3.63) is 47.1 Å². The van der Waals surface area contributed by atoms with Crippen LogP contribution < -0.4 is 11.5 Å². The minimum absolute atomic E-state index is 0.250. The van der Waals surface area contributed by atoms with E-state index in [1.807, 2.05) is 12.1 Å². The van der Waals surface area contributed by atoms with Crippen molar-refractivity contribution in [3.63, 3.8) is 0 Å². The Morgan fingerprint density at radius 2 is 1.74 bits per heavy atom. The topological polar surface area (TPSA) is 52.0 Å². The van der Waals surface area contributed by atoms with Crippen molar-refractivity contribution in [1.82, 2.24) is 0 Å². The van der Waals surface area contributed by atoms with E-state index in [2.05, 4.69) is 45.9 Å². The Bertz CT molecular complexity index is 533. The van der Waals surface area contributed by atoms with E-state index in [4.69, 9.17) is 11.5 Å². The van der Waals surface area contributed by atoms with Gasteiger partial charge in [0.05, 0.1) is 0 Å². The van der Waals surface area contributed by atoms with Gasteiger partial charge < -0.3 is 11.5 Å². The molecule has 0 saturated carbocycles. The predicted molar refractivity (Wildman–Crippen MR) is 83.6 cm³/mol. The first-order valence-corrected chi connectivity index (χ1v) is 6.92. The monoisotopic (exact) mass is 256 g/mol. The highest BCUT2D eigenvalue weighted by Gasteiger charge is 2.33. The van der Waals surface area contributed by atoms with Gasteiger partial charge in [0, 0.05) is 17.1 Å². The summed E-state index contributed by atoms with van der Waals surface area (Å²) in [7, 11) is 0. The summed E-state index contributed by atoms with van der Waals surface area (Å²) in [5.41, 5.74) is 18.0. The molecule has 0 amide bonds. The lowest BCUT2D eigenvalue weighted by Gasteiger charge is -2.38. The highest BCUT2D eigenvalue weighted by atomic mass is 14.7. The molecule has 0 spiro atoms. The summed E-state index contributed by atoms with van der Waals surface area (Å²) in [5, 5.41) is 0. The number of allylic oxidation sites excluding steroid dienone is 2. The average Bonchev–Trinajstić information content (AvgIpc) is 2.30. The van der Waals surface area contributed by atoms with Gasteiger partial charge >= 0.3 is 0 Å². The molecule has 0 fully saturated rings. The van der Waals surface area contributed by atoms with Crippen molar-refractivity contribution >= 4 is 11.3 Å². The highest BCUT2D eigenvalue weighted by Crippen LogP contribution is 2.41. The van der Waals surface area contributed by atoms with Gasteiger partial charge in [-0.05, 0) is 56.0 Å². The van der Waals surface area contributed by atoms with E-state index in [0.29, 0.717) is 5.92 Å². The van der Waals surface area contributed by atoms with Gasteiger partial charge in [0.1, 0.15) is 0 Å². The SMILES string of the molecule is CCC1C(C)=C(c2ccc(N)cc2)C(C)=CC1(C)N. The summed E-state index contributed by atoms with van der Waals surface area (Å²) in [6, 6.07) is 8.11. The molecule has 102 valence electrons. The lowest BCUT2D eigenvalue weighted by atomic mass is 9.71. The maximum Gasteiger partial charge on any atom is 0.0382 e. The number of nitrogens with two attached hydrogens (primary N) is 2. The van der Waals surface area contributed by atoms with Crippen molar-refractivity contribution < 1.29 is 0 Å². The third-order valence-electron chi connectivity index (χ3n) is 4.20. The Hall–Kier alpha value is -1.54. The zero-order valence-corrected chi connectivity index (χ0v) is 12.3. The van der Waals surface area contributed by atoms with Gasteiger partial charge in [-0.25, -0.2) is 0 Å². The smallest absolute Gasteiger partial charge is 0.0382 e. The first-order chi connectivity index (χ1) is 8.86. The third-order valence-corrected chi connectivity index (χ3v) is 4.20. The van der Waals surface area contributed by atoms with Crippen molar-refractivity contribution in [2.24, 2.45) is 11.7 Å². The van der Waals surface area contributed by atoms with Gasteiger partial charge in [0.15, 0.2) is 0 Å². The fraction of sp³-hybridized carbons (Fsp3) is 0.412. The first kappa shape index (κ1) is 13.9. The molecule has 1 aromatic rings. The highest BCUT2D eigenvalue weighted by molar-refractivity contribution is 5.83. The number of anilines is 1. The second-order valence-corrected chi connectivity index (χ2v) is 5.83. The zero-order valence-electron chi connectivity index (χ0n) is 12.3. The fourth-order valence-electron chi connectivity index (χ4n) is 3.44.